The van der Waals surface area contributed by atoms with E-state index in [4.69, 9.17) is 11.5 Å². The molecule has 50 heavy (non-hydrogen) atoms. The number of amides is 6. The van der Waals surface area contributed by atoms with Crippen LogP contribution in [-0.4, -0.2) is 70.6 Å². The second-order valence-corrected chi connectivity index (χ2v) is 13.5. The molecule has 4 aromatic rings. The number of carbonyl (C=O) groups excluding carboxylic acids is 6. The van der Waals surface area contributed by atoms with Crippen molar-refractivity contribution >= 4 is 78.8 Å². The Hall–Kier alpha value is -5.22. The highest BCUT2D eigenvalue weighted by Crippen LogP contribution is 2.42. The second-order valence-electron chi connectivity index (χ2n) is 11.3. The lowest BCUT2D eigenvalue weighted by molar-refractivity contribution is -0.126. The van der Waals surface area contributed by atoms with Crippen LogP contribution in [0.2, 0.25) is 0 Å². The largest absolute Gasteiger partial charge is 0.368 e. The molecule has 6 amide bonds. The number of primary amides is 2. The van der Waals surface area contributed by atoms with Crippen LogP contribution in [0.5, 0.6) is 0 Å². The first-order valence-corrected chi connectivity index (χ1v) is 17.9. The molecule has 0 fully saturated rings. The third-order valence-corrected chi connectivity index (χ3v) is 9.96. The van der Waals surface area contributed by atoms with E-state index in [0.29, 0.717) is 58.6 Å². The molecular formula is C34H38N8O6S2. The van der Waals surface area contributed by atoms with Crippen LogP contribution in [-0.2, 0) is 19.2 Å². The fraction of sp³-hybridized carbons (Fsp3) is 0.294. The van der Waals surface area contributed by atoms with Gasteiger partial charge in [-0.25, -0.2) is 0 Å². The summed E-state index contributed by atoms with van der Waals surface area (Å²) in [6, 6.07) is 12.8. The summed E-state index contributed by atoms with van der Waals surface area (Å²) >= 11 is 0. The number of aromatic nitrogens is 2. The minimum atomic E-state index is -0.805. The topological polar surface area (TPSA) is 228 Å². The number of nitrogens with one attached hydrogen (secondary N) is 4. The number of rotatable bonds is 17. The highest BCUT2D eigenvalue weighted by Gasteiger charge is 2.19. The van der Waals surface area contributed by atoms with Crippen LogP contribution >= 0.6 is 21.6 Å². The molecule has 8 N–H and O–H groups in total. The number of benzene rings is 2. The molecule has 0 saturated heterocycles. The normalized spacial score (nSPS) is 12.1. The van der Waals surface area contributed by atoms with Crippen molar-refractivity contribution in [1.29, 1.82) is 0 Å². The van der Waals surface area contributed by atoms with Gasteiger partial charge in [0.1, 0.15) is 12.1 Å². The quantitative estimate of drug-likeness (QED) is 0.0691. The molecule has 0 unspecified atom stereocenters. The fourth-order valence-electron chi connectivity index (χ4n) is 5.19. The first-order chi connectivity index (χ1) is 24.0. The number of nitrogens with zero attached hydrogens (tertiary/aromatic N) is 2. The van der Waals surface area contributed by atoms with Crippen molar-refractivity contribution in [3.8, 4) is 0 Å². The lowest BCUT2D eigenvalue weighted by atomic mass is 10.1. The molecule has 0 radical (unpaired) electrons. The molecule has 0 spiro atoms. The van der Waals surface area contributed by atoms with Gasteiger partial charge in [-0.1, -0.05) is 45.9 Å². The molecule has 0 aliphatic heterocycles. The number of para-hydroxylation sites is 2. The summed E-state index contributed by atoms with van der Waals surface area (Å²) in [7, 11) is 2.89. The molecule has 14 nitrogen and oxygen atoms in total. The number of pyridine rings is 2. The Kier molecular flexibility index (Phi) is 13.5. The molecule has 2 aromatic carbocycles. The van der Waals surface area contributed by atoms with Gasteiger partial charge in [-0.05, 0) is 49.9 Å². The van der Waals surface area contributed by atoms with Crippen molar-refractivity contribution in [2.75, 3.05) is 13.1 Å². The Morgan fingerprint density at radius 1 is 0.640 bits per heavy atom. The van der Waals surface area contributed by atoms with Gasteiger partial charge in [0, 0.05) is 59.9 Å². The zero-order valence-corrected chi connectivity index (χ0v) is 29.1. The highest BCUT2D eigenvalue weighted by molar-refractivity contribution is 8.76. The van der Waals surface area contributed by atoms with Crippen molar-refractivity contribution in [1.82, 2.24) is 31.2 Å². The summed E-state index contributed by atoms with van der Waals surface area (Å²) in [5.74, 6) is -2.58. The zero-order chi connectivity index (χ0) is 36.2. The molecule has 2 heterocycles. The van der Waals surface area contributed by atoms with Gasteiger partial charge in [0.25, 0.3) is 11.8 Å². The average molecular weight is 719 g/mol. The maximum Gasteiger partial charge on any atom is 0.252 e. The number of fused-ring (bicyclic) bond motifs is 2. The van der Waals surface area contributed by atoms with Crippen molar-refractivity contribution in [2.24, 2.45) is 11.5 Å². The van der Waals surface area contributed by atoms with Crippen LogP contribution in [0, 0.1) is 0 Å². The third kappa shape index (κ3) is 10.1. The molecule has 4 rings (SSSR count). The van der Waals surface area contributed by atoms with E-state index in [0.717, 1.165) is 9.79 Å². The number of hydrogen-bond donors (Lipinski definition) is 6. The first kappa shape index (κ1) is 37.6. The first-order valence-electron chi connectivity index (χ1n) is 15.8. The maximum atomic E-state index is 13.1. The zero-order valence-electron chi connectivity index (χ0n) is 27.5. The van der Waals surface area contributed by atoms with Crippen molar-refractivity contribution < 1.29 is 28.8 Å². The predicted octanol–water partition coefficient (Wildman–Crippen LogP) is 2.58. The van der Waals surface area contributed by atoms with E-state index >= 15 is 0 Å². The summed E-state index contributed by atoms with van der Waals surface area (Å²) in [6.45, 7) is 3.17. The standard InChI is InChI=1S/C34H38N8O6S2/c1-19(43)41-25(31(35)45)9-5-15-39-33(47)23-13-17-37-29-21(23)7-3-11-27(29)49-50-28-12-4-8-22-24(14-18-38-30(22)28)34(48)40-16-6-10-26(32(36)46)42-20(2)44/h3-4,7-8,11-14,17-18,25-26H,5-6,9-10,15-16H2,1-2H3,(H2,35,45)(H2,36,46)(H,39,47)(H,40,48)(H,41,43)(H,42,44)/t25-,26-/m0/s1. The van der Waals surface area contributed by atoms with E-state index in [1.165, 1.54) is 35.4 Å². The van der Waals surface area contributed by atoms with Crippen LogP contribution in [0.1, 0.15) is 60.2 Å². The van der Waals surface area contributed by atoms with Crippen LogP contribution in [0.3, 0.4) is 0 Å². The Morgan fingerprint density at radius 2 is 1.04 bits per heavy atom. The van der Waals surface area contributed by atoms with Gasteiger partial charge in [0.15, 0.2) is 0 Å². The van der Waals surface area contributed by atoms with Crippen molar-refractivity contribution in [3.05, 3.63) is 72.1 Å². The highest BCUT2D eigenvalue weighted by atomic mass is 33.1. The van der Waals surface area contributed by atoms with Gasteiger partial charge in [-0.15, -0.1) is 0 Å². The fourth-order valence-corrected chi connectivity index (χ4v) is 7.46. The van der Waals surface area contributed by atoms with Crippen molar-refractivity contribution in [3.63, 3.8) is 0 Å². The Bertz CT molecular complexity index is 1790. The van der Waals surface area contributed by atoms with Crippen LogP contribution in [0.15, 0.2) is 70.7 Å². The summed E-state index contributed by atoms with van der Waals surface area (Å²) in [5.41, 5.74) is 12.9. The minimum absolute atomic E-state index is 0.277. The van der Waals surface area contributed by atoms with Crippen molar-refractivity contribution in [2.45, 2.75) is 61.4 Å². The number of hydrogen-bond acceptors (Lipinski definition) is 10. The lowest BCUT2D eigenvalue weighted by Crippen LogP contribution is -2.43. The summed E-state index contributed by atoms with van der Waals surface area (Å²) < 4.78 is 0. The lowest BCUT2D eigenvalue weighted by Gasteiger charge is -2.14. The number of nitrogens with two attached hydrogens (primary N) is 2. The molecule has 0 aliphatic rings. The molecule has 0 saturated carbocycles. The van der Waals surface area contributed by atoms with Gasteiger partial charge in [0.05, 0.1) is 22.2 Å². The monoisotopic (exact) mass is 718 g/mol. The number of carbonyl (C=O) groups is 6. The van der Waals surface area contributed by atoms with Crippen LogP contribution in [0.4, 0.5) is 0 Å². The minimum Gasteiger partial charge on any atom is -0.368 e. The second kappa shape index (κ2) is 18.0. The molecule has 2 atom stereocenters. The van der Waals surface area contributed by atoms with Crippen LogP contribution < -0.4 is 32.7 Å². The van der Waals surface area contributed by atoms with Gasteiger partial charge in [0.2, 0.25) is 23.6 Å². The van der Waals surface area contributed by atoms with E-state index in [-0.39, 0.29) is 36.7 Å². The van der Waals surface area contributed by atoms with E-state index in [2.05, 4.69) is 31.2 Å². The average Bonchev–Trinajstić information content (AvgIpc) is 3.08. The Balaban J connectivity index is 1.41. The smallest absolute Gasteiger partial charge is 0.252 e. The third-order valence-electron chi connectivity index (χ3n) is 7.53. The molecular weight excluding hydrogens is 681 g/mol. The summed E-state index contributed by atoms with van der Waals surface area (Å²) in [5, 5.41) is 12.1. The Morgan fingerprint density at radius 3 is 1.40 bits per heavy atom. The maximum absolute atomic E-state index is 13.1. The van der Waals surface area contributed by atoms with E-state index in [9.17, 15) is 28.8 Å². The predicted molar refractivity (Wildman–Crippen MR) is 192 cm³/mol. The molecule has 16 heteroatoms. The molecule has 262 valence electrons. The van der Waals surface area contributed by atoms with E-state index in [1.807, 2.05) is 36.4 Å². The van der Waals surface area contributed by atoms with Gasteiger partial charge < -0.3 is 32.7 Å². The Labute approximate surface area is 296 Å². The molecule has 0 aliphatic carbocycles. The summed E-state index contributed by atoms with van der Waals surface area (Å²) in [6.07, 6.45) is 4.59. The molecule has 0 bridgehead atoms. The van der Waals surface area contributed by atoms with Gasteiger partial charge in [-0.2, -0.15) is 0 Å². The van der Waals surface area contributed by atoms with E-state index in [1.54, 1.807) is 24.5 Å². The molecule has 2 aromatic heterocycles. The summed E-state index contributed by atoms with van der Waals surface area (Å²) in [4.78, 5) is 82.8. The van der Waals surface area contributed by atoms with Gasteiger partial charge >= 0.3 is 0 Å². The van der Waals surface area contributed by atoms with Crippen LogP contribution in [0.25, 0.3) is 21.8 Å². The van der Waals surface area contributed by atoms with Gasteiger partial charge in [-0.3, -0.25) is 38.7 Å². The SMILES string of the molecule is CC(=O)N[C@@H](CCCNC(=O)c1ccnc2c(SSc3cccc4c(C(=O)NCCC[C@H](NC(C)=O)C(N)=O)ccnc34)cccc12)C(N)=O. The van der Waals surface area contributed by atoms with E-state index < -0.39 is 23.9 Å².